The molecule has 2 bridgehead atoms. The maximum absolute atomic E-state index is 9.06. The van der Waals surface area contributed by atoms with Crippen LogP contribution in [0.3, 0.4) is 0 Å². The van der Waals surface area contributed by atoms with Gasteiger partial charge < -0.3 is 14.6 Å². The monoisotopic (exact) mass is 240 g/mol. The van der Waals surface area contributed by atoms with Gasteiger partial charge in [-0.05, 0) is 37.5 Å². The molecule has 2 heterocycles. The SMILES string of the molecule is CC1[C@H](C)C[C@]23C[C@H]1O[C@H]2CC[C@H](CCO)O3. The Morgan fingerprint density at radius 1 is 1.24 bits per heavy atom. The van der Waals surface area contributed by atoms with Crippen LogP contribution in [0.2, 0.25) is 0 Å². The van der Waals surface area contributed by atoms with Gasteiger partial charge >= 0.3 is 0 Å². The molecular weight excluding hydrogens is 216 g/mol. The van der Waals surface area contributed by atoms with Crippen LogP contribution in [-0.4, -0.2) is 35.6 Å². The van der Waals surface area contributed by atoms with E-state index in [-0.39, 0.29) is 18.3 Å². The molecule has 17 heavy (non-hydrogen) atoms. The fourth-order valence-electron chi connectivity index (χ4n) is 4.06. The van der Waals surface area contributed by atoms with Gasteiger partial charge in [-0.25, -0.2) is 0 Å². The lowest BCUT2D eigenvalue weighted by Crippen LogP contribution is -2.51. The van der Waals surface area contributed by atoms with Crippen molar-refractivity contribution in [3.05, 3.63) is 0 Å². The van der Waals surface area contributed by atoms with Crippen molar-refractivity contribution in [2.24, 2.45) is 11.8 Å². The molecule has 2 saturated heterocycles. The zero-order chi connectivity index (χ0) is 12.0. The van der Waals surface area contributed by atoms with Crippen LogP contribution in [0.15, 0.2) is 0 Å². The van der Waals surface area contributed by atoms with E-state index in [1.807, 2.05) is 0 Å². The summed E-state index contributed by atoms with van der Waals surface area (Å²) < 4.78 is 12.5. The summed E-state index contributed by atoms with van der Waals surface area (Å²) in [6.45, 7) is 4.87. The first-order chi connectivity index (χ1) is 8.14. The van der Waals surface area contributed by atoms with Crippen LogP contribution in [0.1, 0.15) is 46.0 Å². The topological polar surface area (TPSA) is 38.7 Å². The minimum Gasteiger partial charge on any atom is -0.396 e. The molecule has 1 saturated carbocycles. The molecule has 0 radical (unpaired) electrons. The molecule has 3 aliphatic rings. The summed E-state index contributed by atoms with van der Waals surface area (Å²) in [6, 6.07) is 0. The van der Waals surface area contributed by atoms with Crippen LogP contribution in [0.25, 0.3) is 0 Å². The van der Waals surface area contributed by atoms with Gasteiger partial charge in [-0.1, -0.05) is 13.8 Å². The molecule has 3 fully saturated rings. The van der Waals surface area contributed by atoms with E-state index in [1.54, 1.807) is 0 Å². The van der Waals surface area contributed by atoms with Crippen molar-refractivity contribution >= 4 is 0 Å². The lowest BCUT2D eigenvalue weighted by Gasteiger charge is -2.45. The van der Waals surface area contributed by atoms with Crippen molar-refractivity contribution in [3.8, 4) is 0 Å². The van der Waals surface area contributed by atoms with E-state index in [2.05, 4.69) is 13.8 Å². The van der Waals surface area contributed by atoms with E-state index in [9.17, 15) is 0 Å². The summed E-state index contributed by atoms with van der Waals surface area (Å²) in [4.78, 5) is 0. The van der Waals surface area contributed by atoms with Crippen LogP contribution in [-0.2, 0) is 9.47 Å². The van der Waals surface area contributed by atoms with Crippen molar-refractivity contribution in [2.45, 2.75) is 69.9 Å². The van der Waals surface area contributed by atoms with E-state index in [4.69, 9.17) is 14.6 Å². The summed E-state index contributed by atoms with van der Waals surface area (Å²) in [5.41, 5.74) is -0.0192. The lowest BCUT2D eigenvalue weighted by atomic mass is 9.70. The first-order valence-corrected chi connectivity index (χ1v) is 7.09. The highest BCUT2D eigenvalue weighted by Gasteiger charge is 2.58. The maximum Gasteiger partial charge on any atom is 0.0974 e. The molecule has 1 unspecified atom stereocenters. The fraction of sp³-hybridized carbons (Fsp3) is 1.00. The number of aliphatic hydroxyl groups excluding tert-OH is 1. The third-order valence-electron chi connectivity index (χ3n) is 5.23. The second kappa shape index (κ2) is 4.22. The Morgan fingerprint density at radius 2 is 2.06 bits per heavy atom. The number of hydrogen-bond acceptors (Lipinski definition) is 3. The normalized spacial score (nSPS) is 53.5. The van der Waals surface area contributed by atoms with Gasteiger partial charge in [0.2, 0.25) is 0 Å². The quantitative estimate of drug-likeness (QED) is 0.803. The molecule has 2 aliphatic heterocycles. The van der Waals surface area contributed by atoms with Gasteiger partial charge in [0.25, 0.3) is 0 Å². The van der Waals surface area contributed by atoms with Crippen molar-refractivity contribution in [3.63, 3.8) is 0 Å². The van der Waals surface area contributed by atoms with E-state index in [0.29, 0.717) is 24.0 Å². The Hall–Kier alpha value is -0.120. The molecule has 0 aromatic carbocycles. The molecule has 0 aromatic rings. The first kappa shape index (κ1) is 11.9. The smallest absolute Gasteiger partial charge is 0.0974 e. The zero-order valence-corrected chi connectivity index (χ0v) is 10.9. The Bertz CT molecular complexity index is 293. The molecule has 0 amide bonds. The van der Waals surface area contributed by atoms with Crippen LogP contribution in [0.4, 0.5) is 0 Å². The highest BCUT2D eigenvalue weighted by atomic mass is 16.6. The summed E-state index contributed by atoms with van der Waals surface area (Å²) in [5, 5.41) is 9.06. The van der Waals surface area contributed by atoms with E-state index < -0.39 is 0 Å². The van der Waals surface area contributed by atoms with Crippen molar-refractivity contribution < 1.29 is 14.6 Å². The lowest BCUT2D eigenvalue weighted by molar-refractivity contribution is -0.172. The maximum atomic E-state index is 9.06. The zero-order valence-electron chi connectivity index (χ0n) is 10.9. The number of aliphatic hydroxyl groups is 1. The van der Waals surface area contributed by atoms with Crippen LogP contribution in [0.5, 0.6) is 0 Å². The van der Waals surface area contributed by atoms with Gasteiger partial charge in [0.1, 0.15) is 0 Å². The highest BCUT2D eigenvalue weighted by Crippen LogP contribution is 2.52. The molecule has 1 aliphatic carbocycles. The molecule has 3 heteroatoms. The van der Waals surface area contributed by atoms with Gasteiger partial charge in [-0.2, -0.15) is 0 Å². The van der Waals surface area contributed by atoms with E-state index in [1.165, 1.54) is 0 Å². The largest absolute Gasteiger partial charge is 0.396 e. The van der Waals surface area contributed by atoms with Gasteiger partial charge in [0, 0.05) is 13.0 Å². The number of ether oxygens (including phenoxy) is 2. The number of rotatable bonds is 2. The standard InChI is InChI=1S/C14H24O3/c1-9-7-14-8-12(10(9)2)16-13(14)4-3-11(17-14)5-6-15/h9-13,15H,3-8H2,1-2H3/t9-,10?,11-,12-,13+,14+/m1/s1. The van der Waals surface area contributed by atoms with Gasteiger partial charge in [0.15, 0.2) is 0 Å². The molecular formula is C14H24O3. The molecule has 3 rings (SSSR count). The van der Waals surface area contributed by atoms with Crippen molar-refractivity contribution in [2.75, 3.05) is 6.61 Å². The number of hydrogen-bond donors (Lipinski definition) is 1. The van der Waals surface area contributed by atoms with Gasteiger partial charge in [-0.15, -0.1) is 0 Å². The average molecular weight is 240 g/mol. The first-order valence-electron chi connectivity index (χ1n) is 7.09. The molecule has 0 aromatic heterocycles. The second-order valence-corrected chi connectivity index (χ2v) is 6.30. The molecule has 6 atom stereocenters. The third-order valence-corrected chi connectivity index (χ3v) is 5.23. The second-order valence-electron chi connectivity index (χ2n) is 6.30. The Morgan fingerprint density at radius 3 is 2.82 bits per heavy atom. The summed E-state index contributed by atoms with van der Waals surface area (Å²) in [7, 11) is 0. The minimum atomic E-state index is -0.0192. The molecule has 1 spiro atoms. The fourth-order valence-corrected chi connectivity index (χ4v) is 4.06. The van der Waals surface area contributed by atoms with Crippen LogP contribution in [0, 0.1) is 11.8 Å². The minimum absolute atomic E-state index is 0.0192. The molecule has 98 valence electrons. The summed E-state index contributed by atoms with van der Waals surface area (Å²) >= 11 is 0. The number of fused-ring (bicyclic) bond motifs is 1. The highest BCUT2D eigenvalue weighted by molar-refractivity contribution is 5.07. The van der Waals surface area contributed by atoms with Crippen molar-refractivity contribution in [1.82, 2.24) is 0 Å². The predicted molar refractivity (Wildman–Crippen MR) is 64.8 cm³/mol. The van der Waals surface area contributed by atoms with Gasteiger partial charge in [-0.3, -0.25) is 0 Å². The van der Waals surface area contributed by atoms with Crippen LogP contribution < -0.4 is 0 Å². The Balaban J connectivity index is 1.78. The Kier molecular flexibility index (Phi) is 2.96. The predicted octanol–water partition coefficient (Wildman–Crippen LogP) is 2.12. The van der Waals surface area contributed by atoms with E-state index >= 15 is 0 Å². The summed E-state index contributed by atoms with van der Waals surface area (Å²) in [6.07, 6.45) is 6.11. The Labute approximate surface area is 103 Å². The average Bonchev–Trinajstić information content (AvgIpc) is 2.61. The molecule has 3 nitrogen and oxygen atoms in total. The third kappa shape index (κ3) is 1.83. The van der Waals surface area contributed by atoms with E-state index in [0.717, 1.165) is 32.1 Å². The van der Waals surface area contributed by atoms with Crippen LogP contribution >= 0.6 is 0 Å². The molecule has 1 N–H and O–H groups in total. The van der Waals surface area contributed by atoms with Crippen molar-refractivity contribution in [1.29, 1.82) is 0 Å². The van der Waals surface area contributed by atoms with Gasteiger partial charge in [0.05, 0.1) is 23.9 Å². The summed E-state index contributed by atoms with van der Waals surface area (Å²) in [5.74, 6) is 1.35.